The number of carbonyl (C=O) groups is 2. The number of nitrogens with one attached hydrogen (secondary N) is 1. The number of nitrogens with zero attached hydrogens (tertiary/aromatic N) is 2. The molecule has 1 saturated heterocycles. The first kappa shape index (κ1) is 19.4. The van der Waals surface area contributed by atoms with Gasteiger partial charge in [0, 0.05) is 24.8 Å². The largest absolute Gasteiger partial charge is 1.00 e. The van der Waals surface area contributed by atoms with E-state index in [2.05, 4.69) is 11.5 Å². The van der Waals surface area contributed by atoms with Crippen molar-refractivity contribution in [1.82, 2.24) is 15.3 Å². The van der Waals surface area contributed by atoms with E-state index in [1.54, 1.807) is 6.92 Å². The van der Waals surface area contributed by atoms with Crippen LogP contribution in [0.1, 0.15) is 26.7 Å². The molecular formula is C14H22N3NaO4. The molecular weight excluding hydrogens is 297 g/mol. The van der Waals surface area contributed by atoms with Crippen LogP contribution in [0, 0.1) is 5.92 Å². The molecule has 4 atom stereocenters. The van der Waals surface area contributed by atoms with Gasteiger partial charge in [-0.25, -0.2) is 5.43 Å². The number of aliphatic carboxylic acids is 1. The number of carboxylic acids is 1. The number of carbonyl (C=O) groups excluding carboxylic acids is 2. The van der Waals surface area contributed by atoms with Gasteiger partial charge in [-0.2, -0.15) is 0 Å². The maximum atomic E-state index is 11.9. The van der Waals surface area contributed by atoms with E-state index in [9.17, 15) is 19.8 Å². The van der Waals surface area contributed by atoms with Gasteiger partial charge in [-0.15, -0.1) is 0 Å². The Morgan fingerprint density at radius 2 is 2.14 bits per heavy atom. The predicted octanol–water partition coefficient (Wildman–Crippen LogP) is -4.55. The zero-order chi connectivity index (χ0) is 15.7. The Balaban J connectivity index is 0.00000242. The first-order valence-electron chi connectivity index (χ1n) is 7.18. The van der Waals surface area contributed by atoms with Crippen LogP contribution in [-0.4, -0.2) is 58.7 Å². The van der Waals surface area contributed by atoms with E-state index in [-0.39, 0.29) is 47.5 Å². The zero-order valence-corrected chi connectivity index (χ0v) is 15.6. The average molecular weight is 319 g/mol. The van der Waals surface area contributed by atoms with Crippen molar-refractivity contribution in [2.24, 2.45) is 5.92 Å². The van der Waals surface area contributed by atoms with Crippen molar-refractivity contribution in [1.29, 1.82) is 0 Å². The molecule has 0 bridgehead atoms. The Bertz CT molecular complexity index is 469. The molecule has 2 heterocycles. The summed E-state index contributed by atoms with van der Waals surface area (Å²) in [7, 11) is 1.93. The normalized spacial score (nSPS) is 28.8. The Hall–Kier alpha value is -0.600. The van der Waals surface area contributed by atoms with E-state index in [1.165, 1.54) is 4.90 Å². The number of aliphatic hydroxyl groups is 1. The summed E-state index contributed by atoms with van der Waals surface area (Å²) in [5, 5.41) is 22.3. The van der Waals surface area contributed by atoms with Crippen LogP contribution in [0.5, 0.6) is 0 Å². The summed E-state index contributed by atoms with van der Waals surface area (Å²) in [6, 6.07) is -0.0676. The van der Waals surface area contributed by atoms with E-state index < -0.39 is 24.5 Å². The van der Waals surface area contributed by atoms with E-state index in [0.29, 0.717) is 6.42 Å². The first-order valence-corrected chi connectivity index (χ1v) is 7.18. The maximum absolute atomic E-state index is 11.9. The molecule has 0 saturated carbocycles. The van der Waals surface area contributed by atoms with Gasteiger partial charge in [-0.1, -0.05) is 0 Å². The molecule has 0 aromatic carbocycles. The third kappa shape index (κ3) is 4.02. The molecule has 2 N–H and O–H groups in total. The minimum Gasteiger partial charge on any atom is -0.548 e. The second-order valence-electron chi connectivity index (χ2n) is 5.85. The summed E-state index contributed by atoms with van der Waals surface area (Å²) < 4.78 is 0. The summed E-state index contributed by atoms with van der Waals surface area (Å²) >= 11 is 0. The Kier molecular flexibility index (Phi) is 6.88. The van der Waals surface area contributed by atoms with Gasteiger partial charge in [-0.3, -0.25) is 4.79 Å². The number of hydrazine groups is 1. The van der Waals surface area contributed by atoms with Gasteiger partial charge in [0.25, 0.3) is 0 Å². The standard InChI is InChI=1S/C14H23N3O4.Na/c1-8-6-10(15-16(8)3)4-5-11-13(9(2)18)14(21)17(11)7-12(19)20;/h6,9-11,13,15,18H,4-5,7H2,1-3H3,(H,19,20);/q;+1/p-1/t9-,10?,11-,13-;/m1./s1. The van der Waals surface area contributed by atoms with Crippen molar-refractivity contribution < 1.29 is 49.4 Å². The van der Waals surface area contributed by atoms with Crippen LogP contribution in [0.3, 0.4) is 0 Å². The van der Waals surface area contributed by atoms with Crippen LogP contribution in [-0.2, 0) is 9.59 Å². The van der Waals surface area contributed by atoms with Crippen molar-refractivity contribution in [2.75, 3.05) is 13.6 Å². The molecule has 7 nitrogen and oxygen atoms in total. The van der Waals surface area contributed by atoms with Crippen molar-refractivity contribution >= 4 is 11.9 Å². The third-order valence-electron chi connectivity index (χ3n) is 4.31. The molecule has 1 unspecified atom stereocenters. The second-order valence-corrected chi connectivity index (χ2v) is 5.85. The molecule has 0 aliphatic carbocycles. The van der Waals surface area contributed by atoms with E-state index in [1.807, 2.05) is 19.0 Å². The van der Waals surface area contributed by atoms with Crippen LogP contribution in [0.25, 0.3) is 0 Å². The van der Waals surface area contributed by atoms with Crippen molar-refractivity contribution in [3.63, 3.8) is 0 Å². The minimum absolute atomic E-state index is 0. The molecule has 0 spiro atoms. The molecule has 2 aliphatic heterocycles. The van der Waals surface area contributed by atoms with E-state index in [4.69, 9.17) is 0 Å². The van der Waals surface area contributed by atoms with Crippen LogP contribution >= 0.6 is 0 Å². The summed E-state index contributed by atoms with van der Waals surface area (Å²) in [5.41, 5.74) is 4.39. The molecule has 8 heteroatoms. The van der Waals surface area contributed by atoms with E-state index >= 15 is 0 Å². The van der Waals surface area contributed by atoms with Gasteiger partial charge in [0.2, 0.25) is 5.91 Å². The van der Waals surface area contributed by atoms with Gasteiger partial charge in [0.15, 0.2) is 0 Å². The number of amides is 1. The van der Waals surface area contributed by atoms with Crippen molar-refractivity contribution in [2.45, 2.75) is 44.9 Å². The Morgan fingerprint density at radius 3 is 2.59 bits per heavy atom. The van der Waals surface area contributed by atoms with Gasteiger partial charge >= 0.3 is 29.6 Å². The smallest absolute Gasteiger partial charge is 0.548 e. The summed E-state index contributed by atoms with van der Waals surface area (Å²) in [4.78, 5) is 23.9. The number of allylic oxidation sites excluding steroid dienone is 1. The Labute approximate surface area is 152 Å². The molecule has 0 aromatic rings. The number of carboxylic acid groups (broad SMARTS) is 1. The summed E-state index contributed by atoms with van der Waals surface area (Å²) in [6.45, 7) is 3.16. The van der Waals surface area contributed by atoms with Crippen molar-refractivity contribution in [3.8, 4) is 0 Å². The molecule has 22 heavy (non-hydrogen) atoms. The fraction of sp³-hybridized carbons (Fsp3) is 0.714. The second kappa shape index (κ2) is 7.79. The SMILES string of the molecule is CC1=CC(CC[C@@H]2[C@@H]([C@@H](C)O)C(=O)N2CC(=O)[O-])NN1C.[Na+]. The summed E-state index contributed by atoms with van der Waals surface area (Å²) in [6.07, 6.45) is 2.74. The number of hydrogen-bond donors (Lipinski definition) is 2. The molecule has 1 amide bonds. The molecule has 2 rings (SSSR count). The predicted molar refractivity (Wildman–Crippen MR) is 73.4 cm³/mol. The minimum atomic E-state index is -1.27. The number of likely N-dealkylation sites (tertiary alicyclic amines) is 1. The number of aliphatic hydroxyl groups excluding tert-OH is 1. The molecule has 1 fully saturated rings. The monoisotopic (exact) mass is 319 g/mol. The first-order chi connectivity index (χ1) is 9.81. The quantitative estimate of drug-likeness (QED) is 0.378. The van der Waals surface area contributed by atoms with Gasteiger partial charge < -0.3 is 24.9 Å². The topological polar surface area (TPSA) is 95.9 Å². The molecule has 2 aliphatic rings. The molecule has 118 valence electrons. The van der Waals surface area contributed by atoms with Crippen LogP contribution in [0.2, 0.25) is 0 Å². The fourth-order valence-electron chi connectivity index (χ4n) is 3.12. The molecule has 0 radical (unpaired) electrons. The zero-order valence-electron chi connectivity index (χ0n) is 13.6. The Morgan fingerprint density at radius 1 is 1.50 bits per heavy atom. The number of hydrogen-bond acceptors (Lipinski definition) is 6. The van der Waals surface area contributed by atoms with Gasteiger partial charge in [0.1, 0.15) is 0 Å². The van der Waals surface area contributed by atoms with Crippen LogP contribution < -0.4 is 40.1 Å². The van der Waals surface area contributed by atoms with Crippen molar-refractivity contribution in [3.05, 3.63) is 11.8 Å². The van der Waals surface area contributed by atoms with Crippen LogP contribution in [0.4, 0.5) is 0 Å². The van der Waals surface area contributed by atoms with Crippen LogP contribution in [0.15, 0.2) is 11.8 Å². The fourth-order valence-corrected chi connectivity index (χ4v) is 3.12. The third-order valence-corrected chi connectivity index (χ3v) is 4.31. The number of β-lactam (4-membered cyclic amide) rings is 1. The van der Waals surface area contributed by atoms with E-state index in [0.717, 1.165) is 12.1 Å². The number of rotatable bonds is 6. The molecule has 0 aromatic heterocycles. The van der Waals surface area contributed by atoms with Gasteiger partial charge in [-0.05, 0) is 32.8 Å². The average Bonchev–Trinajstić information content (AvgIpc) is 2.69. The maximum Gasteiger partial charge on any atom is 1.00 e. The van der Waals surface area contributed by atoms with Gasteiger partial charge in [0.05, 0.1) is 24.5 Å². The summed E-state index contributed by atoms with van der Waals surface area (Å²) in [5.74, 6) is -2.08.